The monoisotopic (exact) mass is 536 g/mol. The fourth-order valence-electron chi connectivity index (χ4n) is 5.02. The molecule has 218 valence electrons. The maximum absolute atomic E-state index is 12.1. The molecule has 1 unspecified atom stereocenters. The Morgan fingerprint density at radius 3 is 1.54 bits per heavy atom. The molecule has 2 aromatic carbocycles. The molecular weight excluding hydrogens is 480 g/mol. The van der Waals surface area contributed by atoms with Crippen molar-refractivity contribution in [3.05, 3.63) is 54.1 Å². The summed E-state index contributed by atoms with van der Waals surface area (Å²) in [6.07, 6.45) is 22.4. The summed E-state index contributed by atoms with van der Waals surface area (Å²) >= 11 is 0. The van der Waals surface area contributed by atoms with E-state index in [2.05, 4.69) is 62.4 Å². The Hall–Kier alpha value is -2.29. The summed E-state index contributed by atoms with van der Waals surface area (Å²) in [6, 6.07) is 16.7. The van der Waals surface area contributed by atoms with Crippen molar-refractivity contribution in [3.63, 3.8) is 0 Å². The van der Waals surface area contributed by atoms with Crippen LogP contribution in [0.2, 0.25) is 0 Å². The first-order valence-corrected chi connectivity index (χ1v) is 16.2. The van der Waals surface area contributed by atoms with Gasteiger partial charge >= 0.3 is 5.97 Å². The highest BCUT2D eigenvalue weighted by Crippen LogP contribution is 2.26. The fraction of sp³-hybridized carbons (Fsp3) is 0.639. The van der Waals surface area contributed by atoms with Crippen molar-refractivity contribution in [1.29, 1.82) is 0 Å². The van der Waals surface area contributed by atoms with Crippen LogP contribution in [0, 0.1) is 0 Å². The molecule has 0 spiro atoms. The van der Waals surface area contributed by atoms with Crippen LogP contribution in [0.3, 0.4) is 0 Å². The van der Waals surface area contributed by atoms with Gasteiger partial charge in [0.05, 0.1) is 6.61 Å². The third-order valence-electron chi connectivity index (χ3n) is 7.63. The van der Waals surface area contributed by atoms with Crippen LogP contribution in [0.4, 0.5) is 0 Å². The van der Waals surface area contributed by atoms with Crippen LogP contribution in [0.1, 0.15) is 148 Å². The molecule has 0 aliphatic carbocycles. The van der Waals surface area contributed by atoms with Gasteiger partial charge < -0.3 is 9.47 Å². The summed E-state index contributed by atoms with van der Waals surface area (Å²) in [6.45, 7) is 7.20. The van der Waals surface area contributed by atoms with Crippen molar-refractivity contribution >= 4 is 5.97 Å². The Balaban J connectivity index is 1.57. The van der Waals surface area contributed by atoms with E-state index in [0.29, 0.717) is 6.42 Å². The molecule has 3 nitrogen and oxygen atoms in total. The van der Waals surface area contributed by atoms with Crippen molar-refractivity contribution in [2.24, 2.45) is 0 Å². The molecule has 0 radical (unpaired) electrons. The van der Waals surface area contributed by atoms with Gasteiger partial charge in [0.25, 0.3) is 0 Å². The molecule has 0 amide bonds. The predicted octanol–water partition coefficient (Wildman–Crippen LogP) is 11.4. The number of rotatable bonds is 23. The second-order valence-electron chi connectivity index (χ2n) is 11.2. The lowest BCUT2D eigenvalue weighted by Crippen LogP contribution is -2.08. The first-order chi connectivity index (χ1) is 19.1. The summed E-state index contributed by atoms with van der Waals surface area (Å²) in [5, 5.41) is 0. The lowest BCUT2D eigenvalue weighted by atomic mass is 10.0. The summed E-state index contributed by atoms with van der Waals surface area (Å²) in [5.74, 6) is 0.839. The Bertz CT molecular complexity index is 856. The minimum absolute atomic E-state index is 0.0999. The van der Waals surface area contributed by atoms with Crippen LogP contribution in [0.5, 0.6) is 5.75 Å². The first-order valence-electron chi connectivity index (χ1n) is 16.2. The molecule has 1 atom stereocenters. The molecule has 0 saturated heterocycles. The number of carbonyl (C=O) groups is 1. The molecule has 39 heavy (non-hydrogen) atoms. The molecule has 0 heterocycles. The third-order valence-corrected chi connectivity index (χ3v) is 7.63. The van der Waals surface area contributed by atoms with Gasteiger partial charge in [0.15, 0.2) is 0 Å². The van der Waals surface area contributed by atoms with E-state index in [1.165, 1.54) is 89.9 Å². The van der Waals surface area contributed by atoms with Crippen LogP contribution in [0.15, 0.2) is 48.5 Å². The number of esters is 1. The predicted molar refractivity (Wildman–Crippen MR) is 166 cm³/mol. The number of ether oxygens (including phenoxy) is 2. The second kappa shape index (κ2) is 21.5. The minimum Gasteiger partial charge on any atom is -0.494 e. The molecule has 0 aliphatic heterocycles. The third kappa shape index (κ3) is 15.2. The van der Waals surface area contributed by atoms with E-state index in [1.807, 2.05) is 6.92 Å². The zero-order valence-corrected chi connectivity index (χ0v) is 25.4. The Morgan fingerprint density at radius 2 is 1.03 bits per heavy atom. The molecule has 0 aliphatic rings. The first kappa shape index (κ1) is 32.9. The Labute approximate surface area is 240 Å². The molecule has 2 aromatic rings. The van der Waals surface area contributed by atoms with Gasteiger partial charge in [-0.1, -0.05) is 147 Å². The van der Waals surface area contributed by atoms with Crippen molar-refractivity contribution in [3.8, 4) is 16.9 Å². The van der Waals surface area contributed by atoms with Crippen molar-refractivity contribution < 1.29 is 14.3 Å². The fourth-order valence-corrected chi connectivity index (χ4v) is 5.02. The zero-order valence-electron chi connectivity index (χ0n) is 25.4. The SMILES string of the molecule is CCCCCCCCCCCCCCCOc1ccc(-c2ccc(C(C)OC(=O)CCCCCC)cc2)cc1. The summed E-state index contributed by atoms with van der Waals surface area (Å²) in [5.41, 5.74) is 3.34. The van der Waals surface area contributed by atoms with E-state index in [9.17, 15) is 4.79 Å². The van der Waals surface area contributed by atoms with E-state index in [-0.39, 0.29) is 12.1 Å². The number of hydrogen-bond acceptors (Lipinski definition) is 3. The highest BCUT2D eigenvalue weighted by Gasteiger charge is 2.12. The van der Waals surface area contributed by atoms with Crippen LogP contribution in [-0.4, -0.2) is 12.6 Å². The van der Waals surface area contributed by atoms with E-state index in [4.69, 9.17) is 9.47 Å². The van der Waals surface area contributed by atoms with E-state index in [1.54, 1.807) is 0 Å². The van der Waals surface area contributed by atoms with Gasteiger partial charge in [-0.25, -0.2) is 0 Å². The highest BCUT2D eigenvalue weighted by molar-refractivity contribution is 5.70. The van der Waals surface area contributed by atoms with Gasteiger partial charge in [0.2, 0.25) is 0 Å². The standard InChI is InChI=1S/C36H56O3/c1-4-6-8-10-11-12-13-14-15-16-17-18-20-30-38-35-28-26-34(27-29-35)33-24-22-32(23-25-33)31(3)39-36(37)21-19-9-7-5-2/h22-29,31H,4-21,30H2,1-3H3. The van der Waals surface area contributed by atoms with Crippen molar-refractivity contribution in [2.45, 2.75) is 142 Å². The summed E-state index contributed by atoms with van der Waals surface area (Å²) < 4.78 is 11.6. The average Bonchev–Trinajstić information content (AvgIpc) is 2.96. The Kier molecular flexibility index (Phi) is 18.2. The van der Waals surface area contributed by atoms with Crippen LogP contribution in [0.25, 0.3) is 11.1 Å². The Morgan fingerprint density at radius 1 is 0.590 bits per heavy atom. The molecule has 0 aromatic heterocycles. The second-order valence-corrected chi connectivity index (χ2v) is 11.2. The molecule has 0 N–H and O–H groups in total. The maximum Gasteiger partial charge on any atom is 0.306 e. The normalized spacial score (nSPS) is 11.9. The molecule has 2 rings (SSSR count). The number of unbranched alkanes of at least 4 members (excludes halogenated alkanes) is 15. The number of carbonyl (C=O) groups excluding carboxylic acids is 1. The summed E-state index contributed by atoms with van der Waals surface area (Å²) in [7, 11) is 0. The molecule has 0 saturated carbocycles. The number of hydrogen-bond donors (Lipinski definition) is 0. The average molecular weight is 537 g/mol. The summed E-state index contributed by atoms with van der Waals surface area (Å²) in [4.78, 5) is 12.1. The lowest BCUT2D eigenvalue weighted by Gasteiger charge is -2.14. The largest absolute Gasteiger partial charge is 0.494 e. The molecule has 3 heteroatoms. The van der Waals surface area contributed by atoms with Gasteiger partial charge in [-0.3, -0.25) is 4.79 Å². The van der Waals surface area contributed by atoms with Crippen LogP contribution >= 0.6 is 0 Å². The maximum atomic E-state index is 12.1. The molecular formula is C36H56O3. The van der Waals surface area contributed by atoms with Crippen molar-refractivity contribution in [1.82, 2.24) is 0 Å². The van der Waals surface area contributed by atoms with E-state index < -0.39 is 0 Å². The highest BCUT2D eigenvalue weighted by atomic mass is 16.5. The van der Waals surface area contributed by atoms with Crippen LogP contribution in [-0.2, 0) is 9.53 Å². The minimum atomic E-state index is -0.224. The molecule has 0 bridgehead atoms. The van der Waals surface area contributed by atoms with Gasteiger partial charge in [-0.15, -0.1) is 0 Å². The van der Waals surface area contributed by atoms with E-state index in [0.717, 1.165) is 48.3 Å². The smallest absolute Gasteiger partial charge is 0.306 e. The topological polar surface area (TPSA) is 35.5 Å². The van der Waals surface area contributed by atoms with Crippen LogP contribution < -0.4 is 4.74 Å². The number of benzene rings is 2. The van der Waals surface area contributed by atoms with Gasteiger partial charge in [-0.05, 0) is 48.6 Å². The van der Waals surface area contributed by atoms with Crippen molar-refractivity contribution in [2.75, 3.05) is 6.61 Å². The quantitative estimate of drug-likeness (QED) is 0.105. The van der Waals surface area contributed by atoms with Gasteiger partial charge in [-0.2, -0.15) is 0 Å². The van der Waals surface area contributed by atoms with Gasteiger partial charge in [0.1, 0.15) is 11.9 Å². The van der Waals surface area contributed by atoms with Gasteiger partial charge in [0, 0.05) is 6.42 Å². The van der Waals surface area contributed by atoms with E-state index >= 15 is 0 Å². The zero-order chi connectivity index (χ0) is 28.0. The molecule has 0 fully saturated rings. The lowest BCUT2D eigenvalue weighted by molar-refractivity contribution is -0.148.